The zero-order valence-corrected chi connectivity index (χ0v) is 13.5. The summed E-state index contributed by atoms with van der Waals surface area (Å²) in [5.74, 6) is 1.59. The molecular formula is C17H34N2. The van der Waals surface area contributed by atoms with Crippen molar-refractivity contribution in [2.45, 2.75) is 77.8 Å². The van der Waals surface area contributed by atoms with Gasteiger partial charge in [0, 0.05) is 31.2 Å². The van der Waals surface area contributed by atoms with E-state index in [4.69, 9.17) is 0 Å². The van der Waals surface area contributed by atoms with E-state index >= 15 is 0 Å². The zero-order valence-electron chi connectivity index (χ0n) is 13.5. The molecular weight excluding hydrogens is 232 g/mol. The first kappa shape index (κ1) is 15.3. The largest absolute Gasteiger partial charge is 0.308 e. The molecule has 0 aromatic heterocycles. The molecule has 1 N–H and O–H groups in total. The maximum absolute atomic E-state index is 3.96. The second-order valence-electron chi connectivity index (χ2n) is 7.50. The third kappa shape index (κ3) is 3.72. The number of hydrogen-bond acceptors (Lipinski definition) is 2. The Morgan fingerprint density at radius 1 is 1.16 bits per heavy atom. The summed E-state index contributed by atoms with van der Waals surface area (Å²) in [7, 11) is 0. The van der Waals surface area contributed by atoms with Crippen LogP contribution in [0.2, 0.25) is 0 Å². The minimum atomic E-state index is 0.455. The van der Waals surface area contributed by atoms with E-state index in [0.29, 0.717) is 5.54 Å². The minimum absolute atomic E-state index is 0.455. The first-order valence-electron chi connectivity index (χ1n) is 8.55. The normalized spacial score (nSPS) is 29.8. The van der Waals surface area contributed by atoms with Crippen LogP contribution in [0.15, 0.2) is 0 Å². The van der Waals surface area contributed by atoms with Gasteiger partial charge in [-0.25, -0.2) is 0 Å². The van der Waals surface area contributed by atoms with Crippen molar-refractivity contribution in [1.82, 2.24) is 10.2 Å². The highest BCUT2D eigenvalue weighted by atomic mass is 15.3. The predicted molar refractivity (Wildman–Crippen MR) is 83.5 cm³/mol. The van der Waals surface area contributed by atoms with Crippen molar-refractivity contribution < 1.29 is 0 Å². The number of hydrogen-bond donors (Lipinski definition) is 1. The fraction of sp³-hybridized carbons (Fsp3) is 1.00. The summed E-state index contributed by atoms with van der Waals surface area (Å²) in [5, 5.41) is 3.96. The van der Waals surface area contributed by atoms with E-state index in [2.05, 4.69) is 37.9 Å². The third-order valence-corrected chi connectivity index (χ3v) is 5.37. The molecule has 1 aliphatic carbocycles. The molecule has 1 saturated carbocycles. The van der Waals surface area contributed by atoms with Crippen molar-refractivity contribution in [2.75, 3.05) is 19.6 Å². The second kappa shape index (κ2) is 6.58. The Bertz CT molecular complexity index is 268. The van der Waals surface area contributed by atoms with Gasteiger partial charge in [0.05, 0.1) is 0 Å². The summed E-state index contributed by atoms with van der Waals surface area (Å²) in [6.07, 6.45) is 8.40. The summed E-state index contributed by atoms with van der Waals surface area (Å²) in [6.45, 7) is 13.3. The minimum Gasteiger partial charge on any atom is -0.308 e. The van der Waals surface area contributed by atoms with Crippen LogP contribution in [0.25, 0.3) is 0 Å². The van der Waals surface area contributed by atoms with Gasteiger partial charge in [-0.1, -0.05) is 53.4 Å². The summed E-state index contributed by atoms with van der Waals surface area (Å²) < 4.78 is 0. The van der Waals surface area contributed by atoms with E-state index in [-0.39, 0.29) is 0 Å². The van der Waals surface area contributed by atoms with E-state index in [1.54, 1.807) is 0 Å². The van der Waals surface area contributed by atoms with Crippen molar-refractivity contribution in [2.24, 2.45) is 11.8 Å². The quantitative estimate of drug-likeness (QED) is 0.835. The van der Waals surface area contributed by atoms with Gasteiger partial charge in [0.25, 0.3) is 0 Å². The van der Waals surface area contributed by atoms with Crippen molar-refractivity contribution >= 4 is 0 Å². The summed E-state index contributed by atoms with van der Waals surface area (Å²) >= 11 is 0. The molecule has 2 rings (SSSR count). The first-order chi connectivity index (χ1) is 9.06. The van der Waals surface area contributed by atoms with E-state index in [1.807, 2.05) is 0 Å². The lowest BCUT2D eigenvalue weighted by Gasteiger charge is -2.51. The van der Waals surface area contributed by atoms with Gasteiger partial charge in [0.15, 0.2) is 0 Å². The van der Waals surface area contributed by atoms with Gasteiger partial charge in [-0.15, -0.1) is 0 Å². The number of rotatable bonds is 4. The van der Waals surface area contributed by atoms with E-state index in [0.717, 1.165) is 17.9 Å². The monoisotopic (exact) mass is 266 g/mol. The highest BCUT2D eigenvalue weighted by Gasteiger charge is 2.40. The third-order valence-electron chi connectivity index (χ3n) is 5.37. The molecule has 1 saturated heterocycles. The van der Waals surface area contributed by atoms with Crippen LogP contribution in [0.3, 0.4) is 0 Å². The topological polar surface area (TPSA) is 15.3 Å². The maximum Gasteiger partial charge on any atom is 0.0309 e. The fourth-order valence-electron chi connectivity index (χ4n) is 4.08. The molecule has 0 bridgehead atoms. The van der Waals surface area contributed by atoms with Crippen LogP contribution in [0.4, 0.5) is 0 Å². The van der Waals surface area contributed by atoms with Gasteiger partial charge in [-0.3, -0.25) is 4.90 Å². The Kier molecular flexibility index (Phi) is 5.30. The Morgan fingerprint density at radius 2 is 1.84 bits per heavy atom. The lowest BCUT2D eigenvalue weighted by Crippen LogP contribution is -2.66. The molecule has 2 aliphatic rings. The number of piperazine rings is 1. The molecule has 112 valence electrons. The van der Waals surface area contributed by atoms with Crippen molar-refractivity contribution in [1.29, 1.82) is 0 Å². The predicted octanol–water partition coefficient (Wildman–Crippen LogP) is 3.67. The molecule has 0 aromatic carbocycles. The summed E-state index contributed by atoms with van der Waals surface area (Å²) in [5.41, 5.74) is 0.455. The Balaban J connectivity index is 2.05. The molecule has 0 radical (unpaired) electrons. The Labute approximate surface area is 120 Å². The Morgan fingerprint density at radius 3 is 2.42 bits per heavy atom. The standard InChI is InChI=1S/C17H34N2/c1-5-15(4)16-11-18-17(9-7-6-8-10-17)13-19(16)12-14(2)3/h14-16,18H,5-13H2,1-4H3. The Hall–Kier alpha value is -0.0800. The van der Waals surface area contributed by atoms with E-state index in [1.165, 1.54) is 58.2 Å². The van der Waals surface area contributed by atoms with Crippen LogP contribution in [0.1, 0.15) is 66.2 Å². The zero-order chi connectivity index (χ0) is 13.9. The summed E-state index contributed by atoms with van der Waals surface area (Å²) in [4.78, 5) is 2.82. The van der Waals surface area contributed by atoms with E-state index in [9.17, 15) is 0 Å². The van der Waals surface area contributed by atoms with Crippen LogP contribution in [-0.4, -0.2) is 36.1 Å². The molecule has 0 aromatic rings. The van der Waals surface area contributed by atoms with Crippen molar-refractivity contribution in [3.8, 4) is 0 Å². The molecule has 2 nitrogen and oxygen atoms in total. The molecule has 1 spiro atoms. The first-order valence-corrected chi connectivity index (χ1v) is 8.55. The molecule has 19 heavy (non-hydrogen) atoms. The second-order valence-corrected chi connectivity index (χ2v) is 7.50. The lowest BCUT2D eigenvalue weighted by atomic mass is 9.78. The number of nitrogens with one attached hydrogen (secondary N) is 1. The SMILES string of the molecule is CCC(C)C1CNC2(CCCCC2)CN1CC(C)C. The van der Waals surface area contributed by atoms with Crippen molar-refractivity contribution in [3.63, 3.8) is 0 Å². The van der Waals surface area contributed by atoms with Crippen LogP contribution < -0.4 is 5.32 Å². The van der Waals surface area contributed by atoms with Gasteiger partial charge >= 0.3 is 0 Å². The highest BCUT2D eigenvalue weighted by molar-refractivity contribution is 5.00. The molecule has 2 unspecified atom stereocenters. The van der Waals surface area contributed by atoms with Crippen LogP contribution in [0, 0.1) is 11.8 Å². The average molecular weight is 266 g/mol. The van der Waals surface area contributed by atoms with Gasteiger partial charge in [0.2, 0.25) is 0 Å². The van der Waals surface area contributed by atoms with Crippen LogP contribution in [-0.2, 0) is 0 Å². The van der Waals surface area contributed by atoms with Gasteiger partial charge in [0.1, 0.15) is 0 Å². The molecule has 2 fully saturated rings. The van der Waals surface area contributed by atoms with Gasteiger partial charge in [-0.05, 0) is 24.7 Å². The molecule has 0 amide bonds. The lowest BCUT2D eigenvalue weighted by molar-refractivity contribution is 0.0250. The highest BCUT2D eigenvalue weighted by Crippen LogP contribution is 2.33. The summed E-state index contributed by atoms with van der Waals surface area (Å²) in [6, 6.07) is 0.750. The molecule has 2 heteroatoms. The molecule has 2 atom stereocenters. The maximum atomic E-state index is 3.96. The fourth-order valence-corrected chi connectivity index (χ4v) is 4.08. The average Bonchev–Trinajstić information content (AvgIpc) is 2.38. The van der Waals surface area contributed by atoms with Gasteiger partial charge in [-0.2, -0.15) is 0 Å². The van der Waals surface area contributed by atoms with Crippen molar-refractivity contribution in [3.05, 3.63) is 0 Å². The van der Waals surface area contributed by atoms with E-state index < -0.39 is 0 Å². The van der Waals surface area contributed by atoms with Gasteiger partial charge < -0.3 is 5.32 Å². The van der Waals surface area contributed by atoms with Crippen LogP contribution >= 0.6 is 0 Å². The molecule has 1 heterocycles. The smallest absolute Gasteiger partial charge is 0.0309 e. The number of nitrogens with zero attached hydrogens (tertiary/aromatic N) is 1. The van der Waals surface area contributed by atoms with Crippen LogP contribution in [0.5, 0.6) is 0 Å². The molecule has 1 aliphatic heterocycles.